The van der Waals surface area contributed by atoms with Crippen molar-refractivity contribution in [2.24, 2.45) is 0 Å². The van der Waals surface area contributed by atoms with Crippen molar-refractivity contribution >= 4 is 53.4 Å². The van der Waals surface area contributed by atoms with Crippen molar-refractivity contribution in [3.8, 4) is 0 Å². The summed E-state index contributed by atoms with van der Waals surface area (Å²) >= 11 is 0. The Kier molecular flexibility index (Phi) is 50.3. The average molecular weight is 1860 g/mol. The first-order chi connectivity index (χ1) is 59.9. The monoisotopic (exact) mass is 1860 g/mol. The molecule has 0 unspecified atom stereocenters. The van der Waals surface area contributed by atoms with Gasteiger partial charge in [0, 0.05) is 105 Å². The van der Waals surface area contributed by atoms with E-state index in [2.05, 4.69) is 21.3 Å². The van der Waals surface area contributed by atoms with Crippen LogP contribution in [0.2, 0.25) is 0 Å². The highest BCUT2D eigenvalue weighted by atomic mass is 16.7. The second-order valence-electron chi connectivity index (χ2n) is 30.1. The third-order valence-electron chi connectivity index (χ3n) is 20.9. The Morgan fingerprint density at radius 1 is 0.276 bits per heavy atom. The number of carbonyl (C=O) groups excluding carboxylic acids is 6. The second kappa shape index (κ2) is 56.5. The number of aliphatic hydroxyl groups excluding tert-OH is 28. The van der Waals surface area contributed by atoms with Crippen molar-refractivity contribution in [1.29, 1.82) is 0 Å². The largest absolute Gasteiger partial charge is 0.480 e. The van der Waals surface area contributed by atoms with Crippen LogP contribution in [0.25, 0.3) is 0 Å². The number of hydrogen-bond donors (Lipinski definition) is 35. The number of nitrogens with one attached hydrogen (secondary N) is 4. The lowest BCUT2D eigenvalue weighted by Gasteiger charge is -2.41. The molecule has 0 aromatic rings. The van der Waals surface area contributed by atoms with Gasteiger partial charge in [-0.25, -0.2) is 0 Å². The summed E-state index contributed by atoms with van der Waals surface area (Å²) in [6, 6.07) is 0. The molecule has 0 aromatic carbocycles. The molecule has 4 fully saturated rings. The van der Waals surface area contributed by atoms with Crippen molar-refractivity contribution < 1.29 is 239 Å². The third-order valence-corrected chi connectivity index (χ3v) is 20.9. The van der Waals surface area contributed by atoms with E-state index in [0.717, 1.165) is 24.5 Å². The molecule has 4 saturated heterocycles. The van der Waals surface area contributed by atoms with Crippen LogP contribution in [0.5, 0.6) is 0 Å². The molecule has 35 N–H and O–H groups in total. The maximum atomic E-state index is 14.5. The molecule has 0 radical (unpaired) electrons. The molecule has 4 heterocycles. The fourth-order valence-corrected chi connectivity index (χ4v) is 13.4. The highest BCUT2D eigenvalue weighted by molar-refractivity contribution is 5.84. The zero-order chi connectivity index (χ0) is 95.5. The molecule has 127 heavy (non-hydrogen) atoms. The SMILES string of the molecule is O=C(O)CN(CCN(CC(=O)O)CC(=O)N(CCNC(=O)[C@H](O)[C@@H](O)[C@@H](CCO)O[C@H]1O[C@H](CO)[C@@H](O)[C@H](O)[C@H]1O)CCNC(=O)[C@H](O)[C@@H](O)[C@@H](CCO)O[C@H]1O[C@H](CO)[C@@H](O)[C@H](O)[C@H]1O)CCN(CC(=O)O)CC(=O)N(CCNC(=O)[C@H](O)[C@@H](O)[C@@H](CCO)O[C@H]1O[C@H](CO)[C@@H](O)[C@H](O)[C@H]1O)CCNC(=O)[C@H](O)[C@@H](O)[C@@H](CCO)O[C@@H]1O[C@H](CO)[C@@H](O)[C@H](O)[C@H]1O. The highest BCUT2D eigenvalue weighted by Gasteiger charge is 2.51. The molecule has 0 aliphatic carbocycles. The van der Waals surface area contributed by atoms with Gasteiger partial charge in [0.1, 0.15) is 122 Å². The molecule has 0 spiro atoms. The van der Waals surface area contributed by atoms with Crippen molar-refractivity contribution in [1.82, 2.24) is 45.8 Å². The lowest BCUT2D eigenvalue weighted by atomic mass is 9.98. The number of hydrogen-bond acceptors (Lipinski definition) is 48. The minimum atomic E-state index is -2.51. The number of ether oxygens (including phenoxy) is 8. The number of aliphatic carboxylic acids is 3. The van der Waals surface area contributed by atoms with E-state index in [9.17, 15) is 201 Å². The number of carboxylic acids is 3. The Balaban J connectivity index is 1.61. The van der Waals surface area contributed by atoms with E-state index < -0.39 is 439 Å². The van der Waals surface area contributed by atoms with E-state index in [1.54, 1.807) is 0 Å². The van der Waals surface area contributed by atoms with Gasteiger partial charge in [0.25, 0.3) is 23.6 Å². The van der Waals surface area contributed by atoms with Crippen LogP contribution >= 0.6 is 0 Å². The molecule has 0 aromatic heterocycles. The lowest BCUT2D eigenvalue weighted by molar-refractivity contribution is -0.319. The van der Waals surface area contributed by atoms with E-state index in [4.69, 9.17) is 37.9 Å². The van der Waals surface area contributed by atoms with Gasteiger partial charge in [0.15, 0.2) is 49.6 Å². The van der Waals surface area contributed by atoms with E-state index in [1.807, 2.05) is 0 Å². The molecular formula is C70H125N9O48. The first-order valence-electron chi connectivity index (χ1n) is 40.1. The van der Waals surface area contributed by atoms with Gasteiger partial charge in [-0.1, -0.05) is 0 Å². The molecule has 32 atom stereocenters. The van der Waals surface area contributed by atoms with Crippen LogP contribution in [-0.4, -0.2) is 596 Å². The number of rotatable bonds is 60. The minimum Gasteiger partial charge on any atom is -0.480 e. The Morgan fingerprint density at radius 3 is 0.661 bits per heavy atom. The molecule has 0 saturated carbocycles. The van der Waals surface area contributed by atoms with Gasteiger partial charge in [-0.15, -0.1) is 0 Å². The molecule has 4 aliphatic heterocycles. The first-order valence-corrected chi connectivity index (χ1v) is 40.1. The molecule has 6 amide bonds. The average Bonchev–Trinajstić information content (AvgIpc) is 0.819. The standard InChI is InChI=1S/C70H125N9O48/c80-17-1-30(120-67-59(112)51(104)47(100)34(26-84)124-67)43(96)55(108)63(116)71-5-9-78(10-6-72-64(117)56(109)44(97)31(2-18-81)121-68-60(113)52(105)48(101)35(27-85)125-68)38(88)21-76(24-41(92)93)15-13-75(23-40(90)91)14-16-77(25-42(94)95)22-39(89)79(11-7-73-65(118)57(110)45(98)32(3-19-82)122-69-61(114)53(106)49(102)36(28-86)126-69)12-8-74-66(119)58(111)46(99)33(4-20-83)123-70-62(115)54(107)50(103)37(29-87)127-70/h30-37,43-62,67-70,80-87,96-115H,1-29H2,(H,71,116)(H,72,117)(H,73,118)(H,74,119)(H,90,91)(H,92,93)(H,94,95)/t30-,31-,32-,33-,34-,35-,36-,37-,43+,44+,45+,46+,47-,48-,49-,50-,51+,52+,53+,54+,55-,56-,57-,58-,59-,60-,61-,62-,67-,68+,69+,70+/m1/s1. The molecule has 57 nitrogen and oxygen atoms in total. The smallest absolute Gasteiger partial charge is 0.317 e. The van der Waals surface area contributed by atoms with E-state index >= 15 is 0 Å². The van der Waals surface area contributed by atoms with Gasteiger partial charge in [-0.3, -0.25) is 57.9 Å². The number of nitrogens with zero attached hydrogens (tertiary/aromatic N) is 5. The summed E-state index contributed by atoms with van der Waals surface area (Å²) in [4.78, 5) is 125. The van der Waals surface area contributed by atoms with Gasteiger partial charge in [0.2, 0.25) is 11.8 Å². The fourth-order valence-electron chi connectivity index (χ4n) is 13.4. The minimum absolute atomic E-state index is 0.531. The van der Waals surface area contributed by atoms with Crippen LogP contribution in [0.4, 0.5) is 0 Å². The van der Waals surface area contributed by atoms with Crippen molar-refractivity contribution in [3.63, 3.8) is 0 Å². The van der Waals surface area contributed by atoms with Gasteiger partial charge in [-0.05, 0) is 25.7 Å². The molecule has 4 rings (SSSR count). The summed E-state index contributed by atoms with van der Waals surface area (Å²) in [6.07, 6.45) is -66.9. The summed E-state index contributed by atoms with van der Waals surface area (Å²) in [6.45, 7) is -19.8. The summed E-state index contributed by atoms with van der Waals surface area (Å²) in [5, 5.41) is 330. The van der Waals surface area contributed by atoms with Gasteiger partial charge >= 0.3 is 17.9 Å². The Hall–Kier alpha value is -6.33. The fraction of sp³-hybridized carbons (Fsp3) is 0.871. The molecule has 57 heteroatoms. The van der Waals surface area contributed by atoms with E-state index in [0.29, 0.717) is 0 Å². The molecule has 4 aliphatic rings. The topological polar surface area (TPSA) is 919 Å². The predicted molar refractivity (Wildman–Crippen MR) is 407 cm³/mol. The van der Waals surface area contributed by atoms with Crippen LogP contribution in [0, 0.1) is 0 Å². The van der Waals surface area contributed by atoms with Crippen LogP contribution in [0.3, 0.4) is 0 Å². The normalized spacial score (nSPS) is 29.3. The van der Waals surface area contributed by atoms with Crippen LogP contribution < -0.4 is 21.3 Å². The summed E-state index contributed by atoms with van der Waals surface area (Å²) < 4.78 is 43.0. The molecule has 0 bridgehead atoms. The maximum Gasteiger partial charge on any atom is 0.317 e. The Labute approximate surface area is 722 Å². The molecular weight excluding hydrogens is 1730 g/mol. The number of aliphatic hydroxyl groups is 28. The van der Waals surface area contributed by atoms with Crippen molar-refractivity contribution in [2.45, 2.75) is 222 Å². The van der Waals surface area contributed by atoms with E-state index in [1.165, 1.54) is 0 Å². The second-order valence-corrected chi connectivity index (χ2v) is 30.1. The summed E-state index contributed by atoms with van der Waals surface area (Å²) in [5.74, 6) is -12.7. The molecule has 738 valence electrons. The quantitative estimate of drug-likeness (QED) is 0.0269. The van der Waals surface area contributed by atoms with Crippen LogP contribution in [-0.2, 0) is 81.0 Å². The van der Waals surface area contributed by atoms with Gasteiger partial charge < -0.3 is 227 Å². The highest BCUT2D eigenvalue weighted by Crippen LogP contribution is 2.30. The van der Waals surface area contributed by atoms with Crippen LogP contribution in [0.1, 0.15) is 25.7 Å². The number of carbonyl (C=O) groups is 9. The lowest BCUT2D eigenvalue weighted by Crippen LogP contribution is -2.61. The predicted octanol–water partition coefficient (Wildman–Crippen LogP) is -23.6. The van der Waals surface area contributed by atoms with E-state index in [-0.39, 0.29) is 0 Å². The zero-order valence-corrected chi connectivity index (χ0v) is 68.5. The van der Waals surface area contributed by atoms with Crippen molar-refractivity contribution in [2.75, 3.05) is 164 Å². The maximum absolute atomic E-state index is 14.5. The number of amides is 6. The number of carboxylic acid groups (broad SMARTS) is 3. The zero-order valence-electron chi connectivity index (χ0n) is 68.5. The Bertz CT molecular complexity index is 2930. The van der Waals surface area contributed by atoms with Gasteiger partial charge in [0.05, 0.1) is 83.6 Å². The summed E-state index contributed by atoms with van der Waals surface area (Å²) in [5.41, 5.74) is 0. The van der Waals surface area contributed by atoms with Gasteiger partial charge in [-0.2, -0.15) is 0 Å². The first kappa shape index (κ1) is 113. The van der Waals surface area contributed by atoms with Crippen LogP contribution in [0.15, 0.2) is 0 Å². The third kappa shape index (κ3) is 34.3. The Morgan fingerprint density at radius 2 is 0.472 bits per heavy atom. The summed E-state index contributed by atoms with van der Waals surface area (Å²) in [7, 11) is 0. The van der Waals surface area contributed by atoms with Crippen molar-refractivity contribution in [3.05, 3.63) is 0 Å².